The number of nitrogens with two attached hydrogens (primary N) is 1. The lowest BCUT2D eigenvalue weighted by molar-refractivity contribution is -0.140. The lowest BCUT2D eigenvalue weighted by Crippen LogP contribution is -2.53. The lowest BCUT2D eigenvalue weighted by atomic mass is 10.2. The van der Waals surface area contributed by atoms with Gasteiger partial charge in [0, 0.05) is 6.54 Å². The van der Waals surface area contributed by atoms with Gasteiger partial charge in [-0.2, -0.15) is 0 Å². The molecule has 6 N–H and O–H groups in total. The van der Waals surface area contributed by atoms with E-state index in [1.807, 2.05) is 13.8 Å². The maximum atomic E-state index is 11.6. The molecule has 0 bridgehead atoms. The molecule has 9 nitrogen and oxygen atoms in total. The molecule has 0 heterocycles. The number of rotatable bonds is 8. The van der Waals surface area contributed by atoms with Crippen LogP contribution in [0.2, 0.25) is 0 Å². The van der Waals surface area contributed by atoms with Crippen molar-refractivity contribution in [2.45, 2.75) is 39.3 Å². The number of carbonyl (C=O) groups excluding carboxylic acids is 3. The van der Waals surface area contributed by atoms with Crippen LogP contribution in [-0.4, -0.2) is 47.5 Å². The molecule has 2 atom stereocenters. The fraction of sp³-hybridized carbons (Fsp3) is 0.667. The second kappa shape index (κ2) is 8.77. The number of urea groups is 1. The van der Waals surface area contributed by atoms with Crippen LogP contribution in [0, 0.1) is 5.92 Å². The number of primary amides is 1. The molecule has 0 aromatic rings. The molecule has 0 aliphatic rings. The van der Waals surface area contributed by atoms with Gasteiger partial charge in [0.2, 0.25) is 11.8 Å². The van der Waals surface area contributed by atoms with E-state index in [0.717, 1.165) is 0 Å². The third-order valence-electron chi connectivity index (χ3n) is 2.43. The molecule has 0 aromatic carbocycles. The zero-order valence-electron chi connectivity index (χ0n) is 12.3. The summed E-state index contributed by atoms with van der Waals surface area (Å²) < 4.78 is 0. The van der Waals surface area contributed by atoms with Crippen LogP contribution in [0.1, 0.15) is 27.2 Å². The number of carboxylic acid groups (broad SMARTS) is 1. The number of amides is 4. The van der Waals surface area contributed by atoms with Crippen LogP contribution < -0.4 is 21.7 Å². The van der Waals surface area contributed by atoms with Crippen molar-refractivity contribution in [1.82, 2.24) is 16.0 Å². The maximum Gasteiger partial charge on any atom is 0.326 e. The Bertz CT molecular complexity index is 410. The van der Waals surface area contributed by atoms with Crippen molar-refractivity contribution in [2.75, 3.05) is 6.54 Å². The number of hydrogen-bond donors (Lipinski definition) is 5. The van der Waals surface area contributed by atoms with Gasteiger partial charge in [-0.25, -0.2) is 9.59 Å². The maximum absolute atomic E-state index is 11.6. The first-order valence-corrected chi connectivity index (χ1v) is 6.49. The van der Waals surface area contributed by atoms with Gasteiger partial charge in [-0.15, -0.1) is 0 Å². The van der Waals surface area contributed by atoms with Gasteiger partial charge < -0.3 is 26.8 Å². The minimum absolute atomic E-state index is 0.266. The fourth-order valence-corrected chi connectivity index (χ4v) is 1.32. The van der Waals surface area contributed by atoms with E-state index in [2.05, 4.69) is 16.0 Å². The van der Waals surface area contributed by atoms with Gasteiger partial charge in [-0.3, -0.25) is 9.59 Å². The third-order valence-corrected chi connectivity index (χ3v) is 2.43. The molecule has 4 amide bonds. The predicted molar refractivity (Wildman–Crippen MR) is 74.2 cm³/mol. The minimum atomic E-state index is -1.44. The van der Waals surface area contributed by atoms with Gasteiger partial charge in [0.15, 0.2) is 0 Å². The first-order chi connectivity index (χ1) is 9.63. The fourth-order valence-electron chi connectivity index (χ4n) is 1.32. The lowest BCUT2D eigenvalue weighted by Gasteiger charge is -2.18. The van der Waals surface area contributed by atoms with Gasteiger partial charge in [0.25, 0.3) is 0 Å². The Morgan fingerprint density at radius 2 is 1.67 bits per heavy atom. The van der Waals surface area contributed by atoms with E-state index in [4.69, 9.17) is 10.8 Å². The Morgan fingerprint density at radius 1 is 1.10 bits per heavy atom. The molecular formula is C12H22N4O5. The molecular weight excluding hydrogens is 280 g/mol. The van der Waals surface area contributed by atoms with Crippen molar-refractivity contribution in [3.63, 3.8) is 0 Å². The summed E-state index contributed by atoms with van der Waals surface area (Å²) in [6, 6.07) is -3.14. The van der Waals surface area contributed by atoms with Crippen molar-refractivity contribution in [3.05, 3.63) is 0 Å². The van der Waals surface area contributed by atoms with Crippen LogP contribution in [0.15, 0.2) is 0 Å². The van der Waals surface area contributed by atoms with Crippen molar-refractivity contribution < 1.29 is 24.3 Å². The van der Waals surface area contributed by atoms with Crippen LogP contribution in [0.3, 0.4) is 0 Å². The van der Waals surface area contributed by atoms with E-state index in [1.165, 1.54) is 6.92 Å². The molecule has 0 aliphatic carbocycles. The molecule has 0 saturated heterocycles. The quantitative estimate of drug-likeness (QED) is 0.380. The molecule has 9 heteroatoms. The van der Waals surface area contributed by atoms with Gasteiger partial charge in [-0.05, 0) is 12.8 Å². The average molecular weight is 302 g/mol. The second-order valence-electron chi connectivity index (χ2n) is 5.04. The van der Waals surface area contributed by atoms with Crippen molar-refractivity contribution in [2.24, 2.45) is 11.7 Å². The van der Waals surface area contributed by atoms with Crippen LogP contribution >= 0.6 is 0 Å². The smallest absolute Gasteiger partial charge is 0.326 e. The largest absolute Gasteiger partial charge is 0.480 e. The van der Waals surface area contributed by atoms with Crippen molar-refractivity contribution >= 4 is 23.8 Å². The highest BCUT2D eigenvalue weighted by molar-refractivity contribution is 5.90. The van der Waals surface area contributed by atoms with E-state index < -0.39 is 36.4 Å². The summed E-state index contributed by atoms with van der Waals surface area (Å²) in [5, 5.41) is 15.8. The Morgan fingerprint density at radius 3 is 2.10 bits per heavy atom. The molecule has 1 unspecified atom stereocenters. The molecule has 0 radical (unpaired) electrons. The topological polar surface area (TPSA) is 151 Å². The highest BCUT2D eigenvalue weighted by Crippen LogP contribution is 1.93. The monoisotopic (exact) mass is 302 g/mol. The van der Waals surface area contributed by atoms with Gasteiger partial charge in [0.05, 0.1) is 6.42 Å². The van der Waals surface area contributed by atoms with Gasteiger partial charge in [0.1, 0.15) is 12.1 Å². The summed E-state index contributed by atoms with van der Waals surface area (Å²) in [6.07, 6.45) is -0.531. The minimum Gasteiger partial charge on any atom is -0.480 e. The number of carboxylic acids is 1. The predicted octanol–water partition coefficient (Wildman–Crippen LogP) is -1.23. The highest BCUT2D eigenvalue weighted by atomic mass is 16.4. The molecule has 0 rings (SSSR count). The molecule has 0 spiro atoms. The Hall–Kier alpha value is -2.32. The normalized spacial score (nSPS) is 13.1. The zero-order chi connectivity index (χ0) is 16.6. The number of aliphatic carboxylic acids is 1. The summed E-state index contributed by atoms with van der Waals surface area (Å²) in [5.41, 5.74) is 4.89. The van der Waals surface area contributed by atoms with Crippen molar-refractivity contribution in [1.29, 1.82) is 0 Å². The highest BCUT2D eigenvalue weighted by Gasteiger charge is 2.23. The van der Waals surface area contributed by atoms with E-state index >= 15 is 0 Å². The summed E-state index contributed by atoms with van der Waals surface area (Å²) in [4.78, 5) is 44.7. The SMILES string of the molecule is CC(C)CNC(=O)C(C)NC(=O)N[C@H](CC(N)=O)C(=O)O. The molecule has 0 fully saturated rings. The number of nitrogens with one attached hydrogen (secondary N) is 3. The standard InChI is InChI=1S/C12H22N4O5/c1-6(2)5-14-10(18)7(3)15-12(21)16-8(11(19)20)4-9(13)17/h6-8H,4-5H2,1-3H3,(H2,13,17)(H,14,18)(H,19,20)(H2,15,16,21)/t7?,8-/m1/s1. The summed E-state index contributed by atoms with van der Waals surface area (Å²) in [5.74, 6) is -2.37. The van der Waals surface area contributed by atoms with Gasteiger partial charge >= 0.3 is 12.0 Å². The summed E-state index contributed by atoms with van der Waals surface area (Å²) in [7, 11) is 0. The Kier molecular flexibility index (Phi) is 7.80. The van der Waals surface area contributed by atoms with Crippen LogP contribution in [-0.2, 0) is 14.4 Å². The van der Waals surface area contributed by atoms with Crippen molar-refractivity contribution in [3.8, 4) is 0 Å². The van der Waals surface area contributed by atoms with Gasteiger partial charge in [-0.1, -0.05) is 13.8 Å². The number of carbonyl (C=O) groups is 4. The third kappa shape index (κ3) is 8.45. The Labute approximate surface area is 122 Å². The molecule has 0 aromatic heterocycles. The molecule has 120 valence electrons. The van der Waals surface area contributed by atoms with E-state index in [-0.39, 0.29) is 11.8 Å². The first kappa shape index (κ1) is 18.7. The summed E-state index contributed by atoms with van der Waals surface area (Å²) >= 11 is 0. The van der Waals surface area contributed by atoms with Crippen LogP contribution in [0.5, 0.6) is 0 Å². The van der Waals surface area contributed by atoms with Crippen LogP contribution in [0.4, 0.5) is 4.79 Å². The molecule has 0 saturated carbocycles. The second-order valence-corrected chi connectivity index (χ2v) is 5.04. The first-order valence-electron chi connectivity index (χ1n) is 6.49. The average Bonchev–Trinajstić information content (AvgIpc) is 2.33. The molecule has 0 aliphatic heterocycles. The van der Waals surface area contributed by atoms with E-state index in [1.54, 1.807) is 0 Å². The molecule has 21 heavy (non-hydrogen) atoms. The van der Waals surface area contributed by atoms with Crippen LogP contribution in [0.25, 0.3) is 0 Å². The number of hydrogen-bond acceptors (Lipinski definition) is 4. The Balaban J connectivity index is 4.36. The van der Waals surface area contributed by atoms with E-state index in [9.17, 15) is 19.2 Å². The van der Waals surface area contributed by atoms with E-state index in [0.29, 0.717) is 6.54 Å². The zero-order valence-corrected chi connectivity index (χ0v) is 12.3. The summed E-state index contributed by atoms with van der Waals surface area (Å²) in [6.45, 7) is 5.77.